The molecule has 0 heterocycles. The van der Waals surface area contributed by atoms with Crippen molar-refractivity contribution in [3.05, 3.63) is 314 Å². The van der Waals surface area contributed by atoms with Gasteiger partial charge >= 0.3 is 0 Å². The van der Waals surface area contributed by atoms with E-state index in [0.717, 1.165) is 35.6 Å². The number of anilines is 6. The van der Waals surface area contributed by atoms with Crippen molar-refractivity contribution < 1.29 is 0 Å². The summed E-state index contributed by atoms with van der Waals surface area (Å²) in [6.07, 6.45) is 6.70. The summed E-state index contributed by atoms with van der Waals surface area (Å²) in [5.41, 5.74) is 17.2. The third-order valence-corrected chi connectivity index (χ3v) is 16.5. The van der Waals surface area contributed by atoms with E-state index in [0.29, 0.717) is 0 Å². The fraction of sp³-hybridized carbons (Fsp3) is 0.0256. The second-order valence-corrected chi connectivity index (χ2v) is 20.9. The Morgan fingerprint density at radius 2 is 0.388 bits per heavy atom. The Hall–Kier alpha value is -10.3. The van der Waals surface area contributed by atoms with Crippen molar-refractivity contribution in [3.63, 3.8) is 0 Å². The van der Waals surface area contributed by atoms with Crippen LogP contribution in [0.15, 0.2) is 303 Å². The Morgan fingerprint density at radius 1 is 0.188 bits per heavy atom. The van der Waals surface area contributed by atoms with Gasteiger partial charge in [-0.2, -0.15) is 0 Å². The molecule has 0 N–H and O–H groups in total. The van der Waals surface area contributed by atoms with Gasteiger partial charge in [0.25, 0.3) is 0 Å². The number of hydrogen-bond acceptors (Lipinski definition) is 2. The SMILES string of the molecule is C1=C(c2c3ccccc3c(-c3ccc(-c4c5ccccc5c(N(c5ccccc5)c5ccccc5)c5ccccc45)cc3)c3ccccc23)CCC(c2c3ccccc3c(N(c3ccccc3)c3ccccc3)c3ccccc23)=C1. The normalized spacial score (nSPS) is 12.6. The van der Waals surface area contributed by atoms with E-state index in [2.05, 4.69) is 313 Å². The first kappa shape index (κ1) is 47.0. The highest BCUT2D eigenvalue weighted by Gasteiger charge is 2.26. The van der Waals surface area contributed by atoms with E-state index < -0.39 is 0 Å². The van der Waals surface area contributed by atoms with Crippen LogP contribution < -0.4 is 9.80 Å². The van der Waals surface area contributed by atoms with Crippen molar-refractivity contribution >= 4 is 110 Å². The van der Waals surface area contributed by atoms with Gasteiger partial charge in [-0.15, -0.1) is 0 Å². The molecule has 14 aromatic rings. The lowest BCUT2D eigenvalue weighted by atomic mass is 9.81. The predicted molar refractivity (Wildman–Crippen MR) is 343 cm³/mol. The lowest BCUT2D eigenvalue weighted by Gasteiger charge is -2.30. The molecular formula is C78H54N2. The van der Waals surface area contributed by atoms with Gasteiger partial charge in [0.05, 0.1) is 11.4 Å². The molecule has 0 spiro atoms. The van der Waals surface area contributed by atoms with Gasteiger partial charge < -0.3 is 9.80 Å². The van der Waals surface area contributed by atoms with E-state index in [1.54, 1.807) is 0 Å². The summed E-state index contributed by atoms with van der Waals surface area (Å²) in [6, 6.07) is 107. The molecular weight excluding hydrogens is 965 g/mol. The highest BCUT2D eigenvalue weighted by molar-refractivity contribution is 6.24. The van der Waals surface area contributed by atoms with Crippen LogP contribution in [0, 0.1) is 0 Å². The van der Waals surface area contributed by atoms with Crippen LogP contribution in [0.4, 0.5) is 34.1 Å². The molecule has 0 radical (unpaired) electrons. The van der Waals surface area contributed by atoms with Crippen LogP contribution in [0.1, 0.15) is 24.0 Å². The first-order chi connectivity index (χ1) is 39.8. The maximum atomic E-state index is 2.44. The summed E-state index contributed by atoms with van der Waals surface area (Å²) in [5.74, 6) is 0. The van der Waals surface area contributed by atoms with Crippen LogP contribution in [0.25, 0.3) is 98.0 Å². The van der Waals surface area contributed by atoms with E-state index in [1.165, 1.54) is 121 Å². The maximum absolute atomic E-state index is 2.44. The maximum Gasteiger partial charge on any atom is 0.0618 e. The molecule has 0 amide bonds. The Labute approximate surface area is 466 Å². The van der Waals surface area contributed by atoms with Gasteiger partial charge in [-0.1, -0.05) is 255 Å². The Bertz CT molecular complexity index is 4480. The van der Waals surface area contributed by atoms with Crippen LogP contribution in [0.5, 0.6) is 0 Å². The second-order valence-electron chi connectivity index (χ2n) is 20.9. The fourth-order valence-corrected chi connectivity index (χ4v) is 13.1. The van der Waals surface area contributed by atoms with Crippen LogP contribution in [-0.4, -0.2) is 0 Å². The van der Waals surface area contributed by atoms with Gasteiger partial charge in [-0.05, 0) is 149 Å². The summed E-state index contributed by atoms with van der Waals surface area (Å²) < 4.78 is 0. The van der Waals surface area contributed by atoms with E-state index >= 15 is 0 Å². The van der Waals surface area contributed by atoms with Crippen molar-refractivity contribution in [2.75, 3.05) is 9.80 Å². The molecule has 0 bridgehead atoms. The summed E-state index contributed by atoms with van der Waals surface area (Å²) in [5, 5.41) is 15.0. The van der Waals surface area contributed by atoms with Crippen molar-refractivity contribution in [1.29, 1.82) is 0 Å². The summed E-state index contributed by atoms with van der Waals surface area (Å²) in [7, 11) is 0. The molecule has 1 aliphatic rings. The molecule has 1 aliphatic carbocycles. The van der Waals surface area contributed by atoms with E-state index in [1.807, 2.05) is 0 Å². The average Bonchev–Trinajstić information content (AvgIpc) is 3.56. The minimum absolute atomic E-state index is 0.924. The molecule has 80 heavy (non-hydrogen) atoms. The lowest BCUT2D eigenvalue weighted by Crippen LogP contribution is -2.11. The Balaban J connectivity index is 0.853. The molecule has 0 atom stereocenters. The number of nitrogens with zero attached hydrogens (tertiary/aromatic N) is 2. The van der Waals surface area contributed by atoms with Crippen molar-refractivity contribution in [2.45, 2.75) is 12.8 Å². The molecule has 14 aromatic carbocycles. The van der Waals surface area contributed by atoms with Crippen LogP contribution in [-0.2, 0) is 0 Å². The van der Waals surface area contributed by atoms with Gasteiger partial charge in [-0.25, -0.2) is 0 Å². The highest BCUT2D eigenvalue weighted by atomic mass is 15.2. The van der Waals surface area contributed by atoms with Crippen molar-refractivity contribution in [3.8, 4) is 22.3 Å². The van der Waals surface area contributed by atoms with Crippen molar-refractivity contribution in [2.24, 2.45) is 0 Å². The first-order valence-electron chi connectivity index (χ1n) is 27.9. The van der Waals surface area contributed by atoms with Gasteiger partial charge in [0.1, 0.15) is 0 Å². The zero-order chi connectivity index (χ0) is 52.9. The monoisotopic (exact) mass is 1020 g/mol. The van der Waals surface area contributed by atoms with Gasteiger partial charge in [0.15, 0.2) is 0 Å². The molecule has 0 saturated heterocycles. The molecule has 2 nitrogen and oxygen atoms in total. The number of para-hydroxylation sites is 4. The van der Waals surface area contributed by atoms with Crippen LogP contribution in [0.3, 0.4) is 0 Å². The van der Waals surface area contributed by atoms with E-state index in [4.69, 9.17) is 0 Å². The first-order valence-corrected chi connectivity index (χ1v) is 27.9. The lowest BCUT2D eigenvalue weighted by molar-refractivity contribution is 1.08. The zero-order valence-corrected chi connectivity index (χ0v) is 44.2. The molecule has 2 heteroatoms. The number of hydrogen-bond donors (Lipinski definition) is 0. The third-order valence-electron chi connectivity index (χ3n) is 16.5. The Morgan fingerprint density at radius 3 is 0.637 bits per heavy atom. The van der Waals surface area contributed by atoms with Crippen LogP contribution >= 0.6 is 0 Å². The quantitative estimate of drug-likeness (QED) is 0.126. The van der Waals surface area contributed by atoms with E-state index in [9.17, 15) is 0 Å². The average molecular weight is 1020 g/mol. The minimum atomic E-state index is 0.924. The Kier molecular flexibility index (Phi) is 11.7. The molecule has 15 rings (SSSR count). The molecule has 0 saturated carbocycles. The minimum Gasteiger partial charge on any atom is -0.309 e. The fourth-order valence-electron chi connectivity index (χ4n) is 13.1. The number of benzene rings is 14. The second kappa shape index (κ2) is 19.9. The standard InChI is InChI=1S/C78H54N2/c1-5-25-57(26-6-1)79(58-27-7-2-8-28-58)77-69-41-21-17-37-65(69)75(66-38-18-22-42-70(66)77)55-49-45-53(46-50-55)73-61-33-13-15-35-63(61)74(64-36-16-14-34-62(64)73)54-47-51-56(52-48-54)76-67-39-19-23-43-71(67)78(72-44-24-20-40-68(72)76)80(59-29-9-3-10-30-59)60-31-11-4-12-32-60/h1-47,49-51H,48,52H2. The molecule has 0 fully saturated rings. The molecule has 0 aliphatic heterocycles. The topological polar surface area (TPSA) is 6.48 Å². The highest BCUT2D eigenvalue weighted by Crippen LogP contribution is 2.52. The van der Waals surface area contributed by atoms with Crippen LogP contribution in [0.2, 0.25) is 0 Å². The third kappa shape index (κ3) is 7.87. The summed E-state index contributed by atoms with van der Waals surface area (Å²) in [6.45, 7) is 0. The van der Waals surface area contributed by atoms with E-state index in [-0.39, 0.29) is 0 Å². The predicted octanol–water partition coefficient (Wildman–Crippen LogP) is 22.1. The van der Waals surface area contributed by atoms with Gasteiger partial charge in [0, 0.05) is 44.3 Å². The molecule has 376 valence electrons. The summed E-state index contributed by atoms with van der Waals surface area (Å²) >= 11 is 0. The largest absolute Gasteiger partial charge is 0.309 e. The number of fused-ring (bicyclic) bond motifs is 6. The number of allylic oxidation sites excluding steroid dienone is 4. The molecule has 0 aromatic heterocycles. The summed E-state index contributed by atoms with van der Waals surface area (Å²) in [4.78, 5) is 4.86. The zero-order valence-electron chi connectivity index (χ0n) is 44.2. The van der Waals surface area contributed by atoms with Gasteiger partial charge in [0.2, 0.25) is 0 Å². The smallest absolute Gasteiger partial charge is 0.0618 e. The van der Waals surface area contributed by atoms with Gasteiger partial charge in [-0.3, -0.25) is 0 Å². The van der Waals surface area contributed by atoms with Crippen molar-refractivity contribution in [1.82, 2.24) is 0 Å². The molecule has 0 unspecified atom stereocenters. The number of rotatable bonds is 10.